The Hall–Kier alpha value is -1.17. The van der Waals surface area contributed by atoms with Crippen LogP contribution < -0.4 is 5.73 Å². The van der Waals surface area contributed by atoms with E-state index in [9.17, 15) is 4.79 Å². The Morgan fingerprint density at radius 3 is 2.76 bits per heavy atom. The molecule has 6 heteroatoms. The molecule has 1 heterocycles. The number of esters is 1. The van der Waals surface area contributed by atoms with E-state index in [0.29, 0.717) is 17.9 Å². The van der Waals surface area contributed by atoms with E-state index < -0.39 is 0 Å². The zero-order valence-corrected chi connectivity index (χ0v) is 11.5. The highest BCUT2D eigenvalue weighted by molar-refractivity contribution is 7.99. The molecule has 0 aliphatic carbocycles. The van der Waals surface area contributed by atoms with Gasteiger partial charge in [-0.1, -0.05) is 0 Å². The van der Waals surface area contributed by atoms with Crippen LogP contribution in [-0.2, 0) is 9.53 Å². The van der Waals surface area contributed by atoms with Crippen LogP contribution in [0.25, 0.3) is 0 Å². The maximum absolute atomic E-state index is 11.0. The smallest absolute Gasteiger partial charge is 0.306 e. The molecule has 1 rings (SSSR count). The molecular formula is C11H19N3O2S. The monoisotopic (exact) mass is 257 g/mol. The zero-order chi connectivity index (χ0) is 13.0. The van der Waals surface area contributed by atoms with Gasteiger partial charge in [-0.05, 0) is 20.8 Å². The molecule has 1 aromatic rings. The topological polar surface area (TPSA) is 70.1 Å². The normalized spacial score (nSPS) is 10.9. The first kappa shape index (κ1) is 13.9. The summed E-state index contributed by atoms with van der Waals surface area (Å²) in [6, 6.07) is 0.256. The lowest BCUT2D eigenvalue weighted by Crippen LogP contribution is -2.06. The van der Waals surface area contributed by atoms with E-state index in [-0.39, 0.29) is 12.0 Å². The molecule has 17 heavy (non-hydrogen) atoms. The van der Waals surface area contributed by atoms with Crippen LogP contribution in [0.5, 0.6) is 0 Å². The average molecular weight is 257 g/mol. The number of aromatic nitrogens is 2. The van der Waals surface area contributed by atoms with Crippen molar-refractivity contribution in [1.82, 2.24) is 9.78 Å². The van der Waals surface area contributed by atoms with Crippen LogP contribution in [-0.4, -0.2) is 28.6 Å². The van der Waals surface area contributed by atoms with Gasteiger partial charge in [-0.15, -0.1) is 11.8 Å². The van der Waals surface area contributed by atoms with Crippen LogP contribution in [0.4, 0.5) is 5.69 Å². The van der Waals surface area contributed by atoms with E-state index >= 15 is 0 Å². The van der Waals surface area contributed by atoms with E-state index in [1.807, 2.05) is 11.6 Å². The molecule has 1 aromatic heterocycles. The van der Waals surface area contributed by atoms with Gasteiger partial charge < -0.3 is 10.5 Å². The van der Waals surface area contributed by atoms with Gasteiger partial charge in [0.25, 0.3) is 0 Å². The van der Waals surface area contributed by atoms with Crippen LogP contribution >= 0.6 is 11.8 Å². The van der Waals surface area contributed by atoms with E-state index in [2.05, 4.69) is 23.7 Å². The second kappa shape index (κ2) is 5.95. The maximum Gasteiger partial charge on any atom is 0.306 e. The molecule has 0 spiro atoms. The summed E-state index contributed by atoms with van der Waals surface area (Å²) in [4.78, 5) is 11.0. The Labute approximate surface area is 106 Å². The Morgan fingerprint density at radius 2 is 2.24 bits per heavy atom. The third-order valence-electron chi connectivity index (χ3n) is 2.35. The Morgan fingerprint density at radius 1 is 1.59 bits per heavy atom. The predicted molar refractivity (Wildman–Crippen MR) is 69.1 cm³/mol. The van der Waals surface area contributed by atoms with Gasteiger partial charge in [0.1, 0.15) is 5.03 Å². The quantitative estimate of drug-likeness (QED) is 0.645. The Bertz CT molecular complexity index is 402. The van der Waals surface area contributed by atoms with Crippen LogP contribution in [0, 0.1) is 6.92 Å². The maximum atomic E-state index is 11.0. The van der Waals surface area contributed by atoms with Crippen LogP contribution in [0.3, 0.4) is 0 Å². The number of hydrogen-bond donors (Lipinski definition) is 1. The summed E-state index contributed by atoms with van der Waals surface area (Å²) < 4.78 is 6.49. The van der Waals surface area contributed by atoms with Gasteiger partial charge in [0, 0.05) is 11.8 Å². The summed E-state index contributed by atoms with van der Waals surface area (Å²) in [5.74, 6) is 0.442. The summed E-state index contributed by atoms with van der Waals surface area (Å²) in [5, 5.41) is 5.31. The number of hydrogen-bond acceptors (Lipinski definition) is 5. The van der Waals surface area contributed by atoms with E-state index in [4.69, 9.17) is 5.73 Å². The number of anilines is 1. The van der Waals surface area contributed by atoms with Crippen molar-refractivity contribution in [2.75, 3.05) is 18.6 Å². The summed E-state index contributed by atoms with van der Waals surface area (Å²) in [6.45, 7) is 5.99. The van der Waals surface area contributed by atoms with Gasteiger partial charge in [0.05, 0.1) is 24.9 Å². The minimum absolute atomic E-state index is 0.205. The molecule has 0 atom stereocenters. The average Bonchev–Trinajstić information content (AvgIpc) is 2.57. The minimum atomic E-state index is -0.205. The number of carbonyl (C=O) groups is 1. The Kier molecular flexibility index (Phi) is 4.86. The van der Waals surface area contributed by atoms with Crippen LogP contribution in [0.15, 0.2) is 5.03 Å². The summed E-state index contributed by atoms with van der Waals surface area (Å²) in [7, 11) is 1.39. The highest BCUT2D eigenvalue weighted by Crippen LogP contribution is 2.30. The molecule has 96 valence electrons. The van der Waals surface area contributed by atoms with Crippen LogP contribution in [0.1, 0.15) is 32.0 Å². The second-order valence-electron chi connectivity index (χ2n) is 4.02. The van der Waals surface area contributed by atoms with Crippen molar-refractivity contribution >= 4 is 23.4 Å². The zero-order valence-electron chi connectivity index (χ0n) is 10.7. The summed E-state index contributed by atoms with van der Waals surface area (Å²) in [5.41, 5.74) is 7.51. The molecule has 0 fully saturated rings. The molecule has 2 N–H and O–H groups in total. The van der Waals surface area contributed by atoms with E-state index in [1.165, 1.54) is 7.11 Å². The van der Waals surface area contributed by atoms with Gasteiger partial charge in [-0.3, -0.25) is 9.48 Å². The van der Waals surface area contributed by atoms with Crippen molar-refractivity contribution in [3.8, 4) is 0 Å². The summed E-state index contributed by atoms with van der Waals surface area (Å²) >= 11 is 1.54. The van der Waals surface area contributed by atoms with Crippen molar-refractivity contribution in [3.05, 3.63) is 5.69 Å². The molecule has 0 aliphatic heterocycles. The number of nitrogens with zero attached hydrogens (tertiary/aromatic N) is 2. The fraction of sp³-hybridized carbons (Fsp3) is 0.636. The third-order valence-corrected chi connectivity index (χ3v) is 3.44. The number of ether oxygens (including phenoxy) is 1. The molecule has 0 saturated heterocycles. The fourth-order valence-corrected chi connectivity index (χ4v) is 2.52. The van der Waals surface area contributed by atoms with Crippen molar-refractivity contribution in [1.29, 1.82) is 0 Å². The molecule has 0 aliphatic rings. The van der Waals surface area contributed by atoms with Crippen molar-refractivity contribution < 1.29 is 9.53 Å². The lowest BCUT2D eigenvalue weighted by Gasteiger charge is -2.10. The Balaban J connectivity index is 2.72. The molecule has 5 nitrogen and oxygen atoms in total. The van der Waals surface area contributed by atoms with Gasteiger partial charge in [0.2, 0.25) is 0 Å². The van der Waals surface area contributed by atoms with Gasteiger partial charge in [-0.2, -0.15) is 5.10 Å². The first-order valence-corrected chi connectivity index (χ1v) is 6.50. The number of aryl methyl sites for hydroxylation is 1. The molecule has 0 saturated carbocycles. The lowest BCUT2D eigenvalue weighted by molar-refractivity contribution is -0.140. The van der Waals surface area contributed by atoms with E-state index in [0.717, 1.165) is 10.7 Å². The molecule has 0 aromatic carbocycles. The number of methoxy groups -OCH3 is 1. The van der Waals surface area contributed by atoms with Crippen molar-refractivity contribution in [2.24, 2.45) is 0 Å². The molecule has 0 amide bonds. The SMILES string of the molecule is COC(=O)CCSc1c(N)c(C)nn1C(C)C. The highest BCUT2D eigenvalue weighted by atomic mass is 32.2. The largest absolute Gasteiger partial charge is 0.469 e. The lowest BCUT2D eigenvalue weighted by atomic mass is 10.4. The van der Waals surface area contributed by atoms with Crippen molar-refractivity contribution in [3.63, 3.8) is 0 Å². The molecular weight excluding hydrogens is 238 g/mol. The summed E-state index contributed by atoms with van der Waals surface area (Å²) in [6.07, 6.45) is 0.378. The molecule has 0 radical (unpaired) electrons. The number of thioether (sulfide) groups is 1. The fourth-order valence-electron chi connectivity index (χ4n) is 1.37. The van der Waals surface area contributed by atoms with Crippen molar-refractivity contribution in [2.45, 2.75) is 38.3 Å². The van der Waals surface area contributed by atoms with Gasteiger partial charge in [-0.25, -0.2) is 0 Å². The predicted octanol–water partition coefficient (Wildman–Crippen LogP) is 2.01. The number of nitrogens with two attached hydrogens (primary N) is 1. The minimum Gasteiger partial charge on any atom is -0.469 e. The molecule has 0 unspecified atom stereocenters. The number of nitrogen functional groups attached to an aromatic ring is 1. The van der Waals surface area contributed by atoms with Gasteiger partial charge >= 0.3 is 5.97 Å². The first-order chi connectivity index (χ1) is 7.97. The highest BCUT2D eigenvalue weighted by Gasteiger charge is 2.15. The second-order valence-corrected chi connectivity index (χ2v) is 5.10. The van der Waals surface area contributed by atoms with Crippen LogP contribution in [0.2, 0.25) is 0 Å². The standard InChI is InChI=1S/C11H19N3O2S/c1-7(2)14-11(10(12)8(3)13-14)17-6-5-9(15)16-4/h7H,5-6,12H2,1-4H3. The molecule has 0 bridgehead atoms. The third kappa shape index (κ3) is 3.39. The number of carbonyl (C=O) groups excluding carboxylic acids is 1. The van der Waals surface area contributed by atoms with Gasteiger partial charge in [0.15, 0.2) is 0 Å². The number of rotatable bonds is 5. The first-order valence-electron chi connectivity index (χ1n) is 5.51. The van der Waals surface area contributed by atoms with E-state index in [1.54, 1.807) is 11.8 Å².